The Morgan fingerprint density at radius 2 is 1.82 bits per heavy atom. The first-order valence-corrected chi connectivity index (χ1v) is 11.6. The van der Waals surface area contributed by atoms with Crippen LogP contribution in [0.1, 0.15) is 34.3 Å². The van der Waals surface area contributed by atoms with Gasteiger partial charge < -0.3 is 38.5 Å². The van der Waals surface area contributed by atoms with Crippen molar-refractivity contribution in [2.24, 2.45) is 5.92 Å². The van der Waals surface area contributed by atoms with Gasteiger partial charge in [-0.2, -0.15) is 13.2 Å². The summed E-state index contributed by atoms with van der Waals surface area (Å²) in [6.07, 6.45) is -2.33. The highest BCUT2D eigenvalue weighted by Gasteiger charge is 2.52. The molecule has 1 atom stereocenters. The SMILES string of the molecule is C[N+]1(Cc2ccc(Cl)cc2)CCC(CNCC2(C(=O)c3cccc(C(F)(F)F)c3)CO2)CC1.[I-]. The third kappa shape index (κ3) is 6.72. The van der Waals surface area contributed by atoms with Crippen LogP contribution in [0.25, 0.3) is 0 Å². The molecule has 0 aliphatic carbocycles. The van der Waals surface area contributed by atoms with E-state index in [-0.39, 0.29) is 36.1 Å². The molecule has 4 rings (SSSR count). The Labute approximate surface area is 220 Å². The van der Waals surface area contributed by atoms with Gasteiger partial charge in [-0.25, -0.2) is 0 Å². The van der Waals surface area contributed by atoms with Gasteiger partial charge in [-0.15, -0.1) is 0 Å². The second-order valence-electron chi connectivity index (χ2n) is 9.62. The van der Waals surface area contributed by atoms with Crippen molar-refractivity contribution in [2.75, 3.05) is 39.8 Å². The molecular formula is C25H29ClF3IN2O2. The minimum atomic E-state index is -4.48. The molecule has 0 radical (unpaired) electrons. The van der Waals surface area contributed by atoms with Crippen molar-refractivity contribution in [1.82, 2.24) is 5.32 Å². The van der Waals surface area contributed by atoms with Crippen molar-refractivity contribution in [3.05, 3.63) is 70.2 Å². The molecule has 0 saturated carbocycles. The van der Waals surface area contributed by atoms with Crippen molar-refractivity contribution in [3.8, 4) is 0 Å². The zero-order valence-electron chi connectivity index (χ0n) is 19.0. The van der Waals surface area contributed by atoms with E-state index in [2.05, 4.69) is 24.5 Å². The molecule has 0 amide bonds. The fourth-order valence-electron chi connectivity index (χ4n) is 4.62. The molecule has 34 heavy (non-hydrogen) atoms. The number of piperidine rings is 1. The topological polar surface area (TPSA) is 41.6 Å². The summed E-state index contributed by atoms with van der Waals surface area (Å²) in [4.78, 5) is 12.8. The predicted molar refractivity (Wildman–Crippen MR) is 121 cm³/mol. The molecular weight excluding hydrogens is 580 g/mol. The monoisotopic (exact) mass is 608 g/mol. The standard InChI is InChI=1S/C25H29ClF3N2O2.HI/c1-31(15-19-5-7-22(26)8-6-19)11-9-18(10-12-31)14-30-16-24(17-33-24)23(32)20-3-2-4-21(13-20)25(27,28)29;/h2-8,13,18,30H,9-12,14-17H2,1H3;1H/q+1;/p-1. The summed E-state index contributed by atoms with van der Waals surface area (Å²) < 4.78 is 45.4. The van der Waals surface area contributed by atoms with Crippen molar-refractivity contribution in [3.63, 3.8) is 0 Å². The molecule has 0 bridgehead atoms. The first kappa shape index (κ1) is 27.4. The van der Waals surface area contributed by atoms with Gasteiger partial charge in [0.15, 0.2) is 11.4 Å². The lowest BCUT2D eigenvalue weighted by molar-refractivity contribution is -0.928. The summed E-state index contributed by atoms with van der Waals surface area (Å²) in [7, 11) is 2.28. The average molecular weight is 609 g/mol. The molecule has 2 aromatic rings. The quantitative estimate of drug-likeness (QED) is 0.216. The first-order chi connectivity index (χ1) is 15.6. The third-order valence-electron chi connectivity index (χ3n) is 6.83. The fourth-order valence-corrected chi connectivity index (χ4v) is 4.74. The molecule has 0 spiro atoms. The highest BCUT2D eigenvalue weighted by atomic mass is 127. The second-order valence-corrected chi connectivity index (χ2v) is 10.1. The van der Waals surface area contributed by atoms with E-state index in [1.165, 1.54) is 17.7 Å². The number of benzene rings is 2. The Balaban J connectivity index is 0.00000324. The maximum Gasteiger partial charge on any atom is 0.416 e. The van der Waals surface area contributed by atoms with E-state index in [1.807, 2.05) is 12.1 Å². The molecule has 2 aliphatic heterocycles. The molecule has 9 heteroatoms. The molecule has 186 valence electrons. The number of nitrogens with one attached hydrogen (secondary N) is 1. The van der Waals surface area contributed by atoms with E-state index in [0.29, 0.717) is 12.5 Å². The number of hydrogen-bond donors (Lipinski definition) is 1. The van der Waals surface area contributed by atoms with E-state index >= 15 is 0 Å². The number of hydrogen-bond acceptors (Lipinski definition) is 3. The number of epoxide rings is 1. The summed E-state index contributed by atoms with van der Waals surface area (Å²) in [5.41, 5.74) is -0.548. The van der Waals surface area contributed by atoms with Gasteiger partial charge in [0.05, 0.1) is 32.3 Å². The van der Waals surface area contributed by atoms with Crippen molar-refractivity contribution in [2.45, 2.75) is 31.2 Å². The lowest BCUT2D eigenvalue weighted by atomic mass is 9.93. The van der Waals surface area contributed by atoms with Gasteiger partial charge in [-0.05, 0) is 36.7 Å². The Bertz CT molecular complexity index is 988. The highest BCUT2D eigenvalue weighted by molar-refractivity contribution is 6.30. The number of rotatable bonds is 8. The molecule has 0 aromatic heterocycles. The Hall–Kier alpha value is -1.20. The normalized spacial score (nSPS) is 26.6. The predicted octanol–water partition coefficient (Wildman–Crippen LogP) is 1.96. The van der Waals surface area contributed by atoms with Crippen LogP contribution < -0.4 is 29.3 Å². The molecule has 1 unspecified atom stereocenters. The van der Waals surface area contributed by atoms with Crippen LogP contribution >= 0.6 is 11.6 Å². The van der Waals surface area contributed by atoms with Crippen LogP contribution in [0.5, 0.6) is 0 Å². The van der Waals surface area contributed by atoms with Crippen molar-refractivity contribution in [1.29, 1.82) is 0 Å². The fraction of sp³-hybridized carbons (Fsp3) is 0.480. The summed E-state index contributed by atoms with van der Waals surface area (Å²) in [5, 5.41) is 4.09. The zero-order valence-corrected chi connectivity index (χ0v) is 21.9. The molecule has 2 heterocycles. The number of carbonyl (C=O) groups excluding carboxylic acids is 1. The van der Waals surface area contributed by atoms with Crippen LogP contribution in [0.2, 0.25) is 5.02 Å². The maximum atomic E-state index is 13.0. The first-order valence-electron chi connectivity index (χ1n) is 11.2. The summed E-state index contributed by atoms with van der Waals surface area (Å²) in [6, 6.07) is 12.6. The molecule has 2 aliphatic rings. The van der Waals surface area contributed by atoms with Gasteiger partial charge in [0.2, 0.25) is 0 Å². The number of quaternary nitrogens is 1. The number of alkyl halides is 3. The van der Waals surface area contributed by atoms with E-state index in [4.69, 9.17) is 16.3 Å². The van der Waals surface area contributed by atoms with E-state index in [9.17, 15) is 18.0 Å². The number of ether oxygens (including phenoxy) is 1. The van der Waals surface area contributed by atoms with Crippen molar-refractivity contribution >= 4 is 17.4 Å². The molecule has 2 saturated heterocycles. The Kier molecular flexibility index (Phi) is 8.72. The highest BCUT2D eigenvalue weighted by Crippen LogP contribution is 2.34. The summed E-state index contributed by atoms with van der Waals surface area (Å²) >= 11 is 5.99. The van der Waals surface area contributed by atoms with E-state index in [1.54, 1.807) is 0 Å². The van der Waals surface area contributed by atoms with Crippen LogP contribution in [0.3, 0.4) is 0 Å². The van der Waals surface area contributed by atoms with E-state index in [0.717, 1.165) is 60.7 Å². The summed E-state index contributed by atoms with van der Waals surface area (Å²) in [6.45, 7) is 4.42. The van der Waals surface area contributed by atoms with Crippen LogP contribution in [0, 0.1) is 5.92 Å². The van der Waals surface area contributed by atoms with Crippen molar-refractivity contribution < 1.29 is 51.2 Å². The average Bonchev–Trinajstić information content (AvgIpc) is 3.57. The lowest BCUT2D eigenvalue weighted by Crippen LogP contribution is -3.00. The Morgan fingerprint density at radius 1 is 1.18 bits per heavy atom. The smallest absolute Gasteiger partial charge is 0.416 e. The molecule has 4 nitrogen and oxygen atoms in total. The lowest BCUT2D eigenvalue weighted by Gasteiger charge is -2.41. The van der Waals surface area contributed by atoms with E-state index < -0.39 is 23.1 Å². The number of likely N-dealkylation sites (tertiary alicyclic amines) is 1. The molecule has 2 fully saturated rings. The van der Waals surface area contributed by atoms with Crippen LogP contribution in [0.4, 0.5) is 13.2 Å². The van der Waals surface area contributed by atoms with Gasteiger partial charge in [0, 0.05) is 35.5 Å². The number of halogens is 5. The summed E-state index contributed by atoms with van der Waals surface area (Å²) in [5.74, 6) is 0.109. The van der Waals surface area contributed by atoms with Gasteiger partial charge in [-0.1, -0.05) is 35.9 Å². The van der Waals surface area contributed by atoms with Gasteiger partial charge in [0.25, 0.3) is 0 Å². The Morgan fingerprint density at radius 3 is 2.41 bits per heavy atom. The van der Waals surface area contributed by atoms with Crippen LogP contribution in [-0.2, 0) is 17.5 Å². The maximum absolute atomic E-state index is 13.0. The minimum absolute atomic E-state index is 0. The number of ketones is 1. The number of carbonyl (C=O) groups is 1. The number of Topliss-reactive ketones (excluding diaryl/α,β-unsaturated/α-hetero) is 1. The second kappa shape index (κ2) is 10.8. The van der Waals surface area contributed by atoms with Gasteiger partial charge in [-0.3, -0.25) is 4.79 Å². The van der Waals surface area contributed by atoms with Gasteiger partial charge >= 0.3 is 6.18 Å². The van der Waals surface area contributed by atoms with Crippen LogP contribution in [0.15, 0.2) is 48.5 Å². The zero-order chi connectivity index (χ0) is 23.7. The molecule has 1 N–H and O–H groups in total. The van der Waals surface area contributed by atoms with Gasteiger partial charge in [0.1, 0.15) is 6.54 Å². The third-order valence-corrected chi connectivity index (χ3v) is 7.09. The minimum Gasteiger partial charge on any atom is -1.00 e. The number of nitrogens with zero attached hydrogens (tertiary/aromatic N) is 1. The molecule has 2 aromatic carbocycles. The largest absolute Gasteiger partial charge is 1.00 e. The van der Waals surface area contributed by atoms with Crippen LogP contribution in [-0.4, -0.2) is 55.7 Å².